The third-order valence-corrected chi connectivity index (χ3v) is 6.53. The first-order valence-electron chi connectivity index (χ1n) is 12.4. The van der Waals surface area contributed by atoms with Crippen molar-refractivity contribution in [1.29, 1.82) is 0 Å². The van der Waals surface area contributed by atoms with Crippen molar-refractivity contribution in [2.24, 2.45) is 0 Å². The molecule has 3 aromatic carbocycles. The maximum atomic E-state index is 13.7. The molecule has 0 saturated carbocycles. The smallest absolute Gasteiger partial charge is 0.340 e. The van der Waals surface area contributed by atoms with Gasteiger partial charge in [0.1, 0.15) is 0 Å². The fourth-order valence-electron chi connectivity index (χ4n) is 4.71. The molecule has 1 amide bonds. The molecular weight excluding hydrogens is 450 g/mol. The second-order valence-corrected chi connectivity index (χ2v) is 9.03. The van der Waals surface area contributed by atoms with Crippen LogP contribution in [-0.2, 0) is 29.0 Å². The first-order chi connectivity index (χ1) is 17.6. The lowest BCUT2D eigenvalue weighted by molar-refractivity contribution is -0.124. The van der Waals surface area contributed by atoms with Gasteiger partial charge in [0.05, 0.1) is 11.1 Å². The van der Waals surface area contributed by atoms with Crippen molar-refractivity contribution in [3.63, 3.8) is 0 Å². The second kappa shape index (κ2) is 10.7. The summed E-state index contributed by atoms with van der Waals surface area (Å²) in [5, 5.41) is 3.60. The number of amides is 1. The summed E-state index contributed by atoms with van der Waals surface area (Å²) in [5.74, 6) is -0.823. The minimum absolute atomic E-state index is 0.338. The standard InChI is InChI=1S/C30H29N3O3/c1-2-27(29(34)31-22-13-7-4-8-14-22)36-30(35)28-23-15-9-10-16-25(23)32-26-17-18-33(20-24(26)28)19-21-11-5-3-6-12-21/h3-16,27H,2,17-20H2,1H3,(H,31,34). The van der Waals surface area contributed by atoms with Crippen molar-refractivity contribution in [3.8, 4) is 0 Å². The maximum Gasteiger partial charge on any atom is 0.340 e. The molecule has 1 N–H and O–H groups in total. The zero-order valence-electron chi connectivity index (χ0n) is 20.3. The zero-order valence-corrected chi connectivity index (χ0v) is 20.3. The number of ether oxygens (including phenoxy) is 1. The Balaban J connectivity index is 1.44. The van der Waals surface area contributed by atoms with Crippen molar-refractivity contribution in [2.45, 2.75) is 39.0 Å². The van der Waals surface area contributed by atoms with Crippen LogP contribution in [0.5, 0.6) is 0 Å². The first-order valence-corrected chi connectivity index (χ1v) is 12.4. The van der Waals surface area contributed by atoms with Crippen molar-refractivity contribution in [3.05, 3.63) is 107 Å². The average Bonchev–Trinajstić information content (AvgIpc) is 2.91. The normalized spacial score (nSPS) is 14.1. The molecule has 36 heavy (non-hydrogen) atoms. The molecule has 2 heterocycles. The van der Waals surface area contributed by atoms with Crippen LogP contribution in [0.4, 0.5) is 5.69 Å². The molecule has 5 rings (SSSR count). The monoisotopic (exact) mass is 479 g/mol. The summed E-state index contributed by atoms with van der Waals surface area (Å²) in [6, 6.07) is 27.1. The second-order valence-electron chi connectivity index (χ2n) is 9.03. The number of hydrogen-bond acceptors (Lipinski definition) is 5. The van der Waals surface area contributed by atoms with E-state index in [4.69, 9.17) is 9.72 Å². The summed E-state index contributed by atoms with van der Waals surface area (Å²) in [5.41, 5.74) is 4.98. The number of anilines is 1. The number of hydrogen-bond donors (Lipinski definition) is 1. The van der Waals surface area contributed by atoms with E-state index in [1.165, 1.54) is 5.56 Å². The van der Waals surface area contributed by atoms with Gasteiger partial charge in [-0.15, -0.1) is 0 Å². The van der Waals surface area contributed by atoms with E-state index < -0.39 is 12.1 Å². The van der Waals surface area contributed by atoms with Gasteiger partial charge >= 0.3 is 5.97 Å². The summed E-state index contributed by atoms with van der Waals surface area (Å²) >= 11 is 0. The molecule has 0 radical (unpaired) electrons. The third kappa shape index (κ3) is 5.14. The van der Waals surface area contributed by atoms with Gasteiger partial charge in [-0.3, -0.25) is 14.7 Å². The molecule has 182 valence electrons. The van der Waals surface area contributed by atoms with Gasteiger partial charge in [0.15, 0.2) is 6.10 Å². The highest BCUT2D eigenvalue weighted by molar-refractivity contribution is 6.06. The van der Waals surface area contributed by atoms with Crippen LogP contribution in [0.15, 0.2) is 84.9 Å². The van der Waals surface area contributed by atoms with Crippen LogP contribution in [0.1, 0.15) is 40.5 Å². The number of nitrogens with zero attached hydrogens (tertiary/aromatic N) is 2. The molecule has 0 fully saturated rings. The van der Waals surface area contributed by atoms with E-state index in [0.29, 0.717) is 24.2 Å². The Hall–Kier alpha value is -4.03. The number of aromatic nitrogens is 1. The van der Waals surface area contributed by atoms with Crippen LogP contribution in [-0.4, -0.2) is 34.4 Å². The van der Waals surface area contributed by atoms with Gasteiger partial charge in [-0.2, -0.15) is 0 Å². The van der Waals surface area contributed by atoms with E-state index in [0.717, 1.165) is 41.7 Å². The average molecular weight is 480 g/mol. The Kier molecular flexibility index (Phi) is 7.05. The van der Waals surface area contributed by atoms with Crippen LogP contribution >= 0.6 is 0 Å². The van der Waals surface area contributed by atoms with Crippen molar-refractivity contribution >= 4 is 28.5 Å². The Morgan fingerprint density at radius 2 is 1.67 bits per heavy atom. The fourth-order valence-corrected chi connectivity index (χ4v) is 4.71. The van der Waals surface area contributed by atoms with Gasteiger partial charge in [0, 0.05) is 48.4 Å². The Bertz CT molecular complexity index is 1370. The number of para-hydroxylation sites is 2. The summed E-state index contributed by atoms with van der Waals surface area (Å²) in [4.78, 5) is 33.8. The summed E-state index contributed by atoms with van der Waals surface area (Å²) in [7, 11) is 0. The first kappa shape index (κ1) is 23.7. The maximum absolute atomic E-state index is 13.7. The topological polar surface area (TPSA) is 71.5 Å². The third-order valence-electron chi connectivity index (χ3n) is 6.53. The number of carbonyl (C=O) groups is 2. The van der Waals surface area contributed by atoms with Crippen molar-refractivity contribution < 1.29 is 14.3 Å². The zero-order chi connectivity index (χ0) is 24.9. The number of rotatable bonds is 7. The summed E-state index contributed by atoms with van der Waals surface area (Å²) in [6.45, 7) is 4.08. The molecule has 1 unspecified atom stereocenters. The van der Waals surface area contributed by atoms with E-state index in [-0.39, 0.29) is 5.91 Å². The number of esters is 1. The van der Waals surface area contributed by atoms with Crippen LogP contribution < -0.4 is 5.32 Å². The van der Waals surface area contributed by atoms with Crippen LogP contribution in [0, 0.1) is 0 Å². The molecule has 6 heteroatoms. The fraction of sp³-hybridized carbons (Fsp3) is 0.233. The quantitative estimate of drug-likeness (QED) is 0.361. The lowest BCUT2D eigenvalue weighted by atomic mass is 9.95. The van der Waals surface area contributed by atoms with Gasteiger partial charge in [0.2, 0.25) is 0 Å². The number of pyridine rings is 1. The lowest BCUT2D eigenvalue weighted by Gasteiger charge is -2.30. The minimum Gasteiger partial charge on any atom is -0.449 e. The Labute approximate surface area is 210 Å². The number of nitrogens with one attached hydrogen (secondary N) is 1. The van der Waals surface area contributed by atoms with Crippen molar-refractivity contribution in [1.82, 2.24) is 9.88 Å². The van der Waals surface area contributed by atoms with Gasteiger partial charge in [-0.05, 0) is 30.2 Å². The SMILES string of the molecule is CCC(OC(=O)c1c2c(nc3ccccc13)CCN(Cc1ccccc1)C2)C(=O)Nc1ccccc1. The lowest BCUT2D eigenvalue weighted by Crippen LogP contribution is -2.34. The molecule has 4 aromatic rings. The van der Waals surface area contributed by atoms with E-state index in [9.17, 15) is 9.59 Å². The molecule has 1 aromatic heterocycles. The van der Waals surface area contributed by atoms with Gasteiger partial charge in [0.25, 0.3) is 5.91 Å². The highest BCUT2D eigenvalue weighted by Gasteiger charge is 2.29. The van der Waals surface area contributed by atoms with Crippen LogP contribution in [0.25, 0.3) is 10.9 Å². The van der Waals surface area contributed by atoms with Crippen molar-refractivity contribution in [2.75, 3.05) is 11.9 Å². The van der Waals surface area contributed by atoms with Gasteiger partial charge in [-0.25, -0.2) is 4.79 Å². The van der Waals surface area contributed by atoms with Crippen LogP contribution in [0.2, 0.25) is 0 Å². The molecule has 0 aliphatic carbocycles. The number of fused-ring (bicyclic) bond motifs is 2. The molecule has 1 atom stereocenters. The molecule has 6 nitrogen and oxygen atoms in total. The molecular formula is C30H29N3O3. The number of carbonyl (C=O) groups excluding carboxylic acids is 2. The predicted octanol–water partition coefficient (Wildman–Crippen LogP) is 5.37. The minimum atomic E-state index is -0.899. The highest BCUT2D eigenvalue weighted by atomic mass is 16.5. The van der Waals surface area contributed by atoms with E-state index in [1.54, 1.807) is 12.1 Å². The Morgan fingerprint density at radius 3 is 2.42 bits per heavy atom. The molecule has 1 aliphatic heterocycles. The predicted molar refractivity (Wildman–Crippen MR) is 141 cm³/mol. The Morgan fingerprint density at radius 1 is 0.972 bits per heavy atom. The summed E-state index contributed by atoms with van der Waals surface area (Å²) in [6.07, 6.45) is 0.221. The number of benzene rings is 3. The van der Waals surface area contributed by atoms with Gasteiger partial charge < -0.3 is 10.1 Å². The molecule has 1 aliphatic rings. The largest absolute Gasteiger partial charge is 0.449 e. The summed E-state index contributed by atoms with van der Waals surface area (Å²) < 4.78 is 5.85. The molecule has 0 saturated heterocycles. The van der Waals surface area contributed by atoms with E-state index in [2.05, 4.69) is 22.3 Å². The van der Waals surface area contributed by atoms with Crippen LogP contribution in [0.3, 0.4) is 0 Å². The molecule has 0 bridgehead atoms. The highest BCUT2D eigenvalue weighted by Crippen LogP contribution is 2.30. The van der Waals surface area contributed by atoms with E-state index >= 15 is 0 Å². The molecule has 0 spiro atoms. The van der Waals surface area contributed by atoms with E-state index in [1.807, 2.05) is 67.6 Å². The van der Waals surface area contributed by atoms with Gasteiger partial charge in [-0.1, -0.05) is 73.7 Å².